The van der Waals surface area contributed by atoms with Crippen molar-refractivity contribution in [3.8, 4) is 0 Å². The number of hydrogen-bond donors (Lipinski definition) is 1. The van der Waals surface area contributed by atoms with Crippen LogP contribution in [0.2, 0.25) is 0 Å². The second kappa shape index (κ2) is 13.3. The van der Waals surface area contributed by atoms with Crippen molar-refractivity contribution in [2.24, 2.45) is 0 Å². The van der Waals surface area contributed by atoms with Gasteiger partial charge in [-0.05, 0) is 68.9 Å². The maximum Gasteiger partial charge on any atom is 0.242 e. The van der Waals surface area contributed by atoms with Crippen molar-refractivity contribution in [2.45, 2.75) is 59.4 Å². The second-order valence-electron chi connectivity index (χ2n) is 8.93. The van der Waals surface area contributed by atoms with Crippen molar-refractivity contribution in [3.63, 3.8) is 0 Å². The van der Waals surface area contributed by atoms with E-state index in [9.17, 15) is 18.0 Å². The van der Waals surface area contributed by atoms with Crippen LogP contribution in [0.15, 0.2) is 48.5 Å². The lowest BCUT2D eigenvalue weighted by Crippen LogP contribution is -2.50. The molecule has 0 aliphatic heterocycles. The number of carbonyl (C=O) groups is 2. The van der Waals surface area contributed by atoms with Crippen molar-refractivity contribution >= 4 is 27.5 Å². The van der Waals surface area contributed by atoms with Gasteiger partial charge >= 0.3 is 0 Å². The monoisotopic (exact) mass is 501 g/mol. The average molecular weight is 502 g/mol. The quantitative estimate of drug-likeness (QED) is 0.452. The van der Waals surface area contributed by atoms with Crippen LogP contribution in [0, 0.1) is 13.8 Å². The topological polar surface area (TPSA) is 86.8 Å². The molecule has 0 radical (unpaired) electrons. The normalized spacial score (nSPS) is 12.1. The highest BCUT2D eigenvalue weighted by Crippen LogP contribution is 2.22. The standard InChI is InChI=1S/C27H39N3O4S/c1-6-25(27(32)28-7-2)29(17-15-23-12-9-8-10-13-23)26(31)14-11-16-30(35(5,33)34)24-19-21(3)18-22(4)20-24/h8-10,12-13,18-20,25H,6-7,11,14-17H2,1-5H3,(H,28,32)/t25-/m0/s1. The number of rotatable bonds is 13. The van der Waals surface area contributed by atoms with Crippen LogP contribution >= 0.6 is 0 Å². The predicted molar refractivity (Wildman–Crippen MR) is 142 cm³/mol. The van der Waals surface area contributed by atoms with Gasteiger partial charge in [0.2, 0.25) is 21.8 Å². The van der Waals surface area contributed by atoms with Crippen LogP contribution in [-0.2, 0) is 26.0 Å². The zero-order valence-corrected chi connectivity index (χ0v) is 22.4. The van der Waals surface area contributed by atoms with Gasteiger partial charge in [-0.15, -0.1) is 0 Å². The fraction of sp³-hybridized carbons (Fsp3) is 0.481. The van der Waals surface area contributed by atoms with Crippen molar-refractivity contribution in [3.05, 3.63) is 65.2 Å². The lowest BCUT2D eigenvalue weighted by Gasteiger charge is -2.31. The summed E-state index contributed by atoms with van der Waals surface area (Å²) in [6.07, 6.45) is 2.83. The summed E-state index contributed by atoms with van der Waals surface area (Å²) in [6, 6.07) is 15.0. The molecule has 2 rings (SSSR count). The van der Waals surface area contributed by atoms with Crippen LogP contribution in [-0.4, -0.2) is 57.1 Å². The highest BCUT2D eigenvalue weighted by molar-refractivity contribution is 7.92. The number of nitrogens with zero attached hydrogens (tertiary/aromatic N) is 2. The van der Waals surface area contributed by atoms with E-state index in [0.29, 0.717) is 38.0 Å². The summed E-state index contributed by atoms with van der Waals surface area (Å²) in [5.74, 6) is -0.308. The van der Waals surface area contributed by atoms with E-state index in [1.54, 1.807) is 4.90 Å². The number of anilines is 1. The molecule has 0 aromatic heterocycles. The van der Waals surface area contributed by atoms with E-state index in [1.807, 2.05) is 76.2 Å². The number of carbonyl (C=O) groups excluding carboxylic acids is 2. The fourth-order valence-electron chi connectivity index (χ4n) is 4.29. The largest absolute Gasteiger partial charge is 0.355 e. The number of benzene rings is 2. The Morgan fingerprint density at radius 3 is 2.14 bits per heavy atom. The zero-order valence-electron chi connectivity index (χ0n) is 21.6. The molecule has 0 aliphatic carbocycles. The first-order valence-electron chi connectivity index (χ1n) is 12.2. The second-order valence-corrected chi connectivity index (χ2v) is 10.8. The van der Waals surface area contributed by atoms with Gasteiger partial charge in [0, 0.05) is 26.1 Å². The molecule has 0 aliphatic rings. The summed E-state index contributed by atoms with van der Waals surface area (Å²) in [4.78, 5) is 27.7. The van der Waals surface area contributed by atoms with Crippen molar-refractivity contribution < 1.29 is 18.0 Å². The Hall–Kier alpha value is -2.87. The number of sulfonamides is 1. The molecule has 0 unspecified atom stereocenters. The van der Waals surface area contributed by atoms with E-state index < -0.39 is 16.1 Å². The maximum absolute atomic E-state index is 13.3. The van der Waals surface area contributed by atoms with E-state index in [0.717, 1.165) is 16.7 Å². The Balaban J connectivity index is 2.16. The molecule has 35 heavy (non-hydrogen) atoms. The summed E-state index contributed by atoms with van der Waals surface area (Å²) in [5.41, 5.74) is 3.65. The third-order valence-electron chi connectivity index (χ3n) is 5.87. The Labute approximate surface area is 210 Å². The van der Waals surface area contributed by atoms with E-state index >= 15 is 0 Å². The van der Waals surface area contributed by atoms with Gasteiger partial charge in [0.15, 0.2) is 0 Å². The van der Waals surface area contributed by atoms with E-state index in [2.05, 4.69) is 5.32 Å². The van der Waals surface area contributed by atoms with Crippen LogP contribution in [0.5, 0.6) is 0 Å². The van der Waals surface area contributed by atoms with Crippen LogP contribution in [0.3, 0.4) is 0 Å². The summed E-state index contributed by atoms with van der Waals surface area (Å²) >= 11 is 0. The van der Waals surface area contributed by atoms with Crippen molar-refractivity contribution in [1.29, 1.82) is 0 Å². The molecule has 8 heteroatoms. The van der Waals surface area contributed by atoms with Crippen LogP contribution < -0.4 is 9.62 Å². The summed E-state index contributed by atoms with van der Waals surface area (Å²) < 4.78 is 26.4. The van der Waals surface area contributed by atoms with Crippen molar-refractivity contribution in [2.75, 3.05) is 30.2 Å². The highest BCUT2D eigenvalue weighted by atomic mass is 32.2. The smallest absolute Gasteiger partial charge is 0.242 e. The lowest BCUT2D eigenvalue weighted by atomic mass is 10.1. The fourth-order valence-corrected chi connectivity index (χ4v) is 5.24. The number of likely N-dealkylation sites (N-methyl/N-ethyl adjacent to an activating group) is 1. The molecule has 2 aromatic carbocycles. The molecule has 1 N–H and O–H groups in total. The first kappa shape index (κ1) is 28.4. The van der Waals surface area contributed by atoms with Gasteiger partial charge in [-0.1, -0.05) is 43.3 Å². The van der Waals surface area contributed by atoms with Gasteiger partial charge in [0.05, 0.1) is 11.9 Å². The maximum atomic E-state index is 13.3. The number of amides is 2. The third-order valence-corrected chi connectivity index (χ3v) is 7.06. The average Bonchev–Trinajstić information content (AvgIpc) is 2.78. The molecule has 0 bridgehead atoms. The van der Waals surface area contributed by atoms with E-state index in [-0.39, 0.29) is 24.8 Å². The summed E-state index contributed by atoms with van der Waals surface area (Å²) in [5, 5.41) is 2.84. The minimum atomic E-state index is -3.51. The Morgan fingerprint density at radius 2 is 1.60 bits per heavy atom. The van der Waals surface area contributed by atoms with E-state index in [1.165, 1.54) is 10.6 Å². The van der Waals surface area contributed by atoms with E-state index in [4.69, 9.17) is 0 Å². The molecule has 192 valence electrons. The molecule has 0 saturated carbocycles. The number of aryl methyl sites for hydroxylation is 2. The van der Waals surface area contributed by atoms with Gasteiger partial charge < -0.3 is 10.2 Å². The molecule has 0 saturated heterocycles. The minimum Gasteiger partial charge on any atom is -0.355 e. The molecule has 1 atom stereocenters. The first-order valence-corrected chi connectivity index (χ1v) is 14.1. The molecule has 0 fully saturated rings. The Bertz CT molecular complexity index is 1070. The van der Waals surface area contributed by atoms with Gasteiger partial charge in [0.25, 0.3) is 0 Å². The lowest BCUT2D eigenvalue weighted by molar-refractivity contribution is -0.140. The molecule has 0 heterocycles. The zero-order chi connectivity index (χ0) is 26.0. The molecule has 2 aromatic rings. The highest BCUT2D eigenvalue weighted by Gasteiger charge is 2.28. The molecular weight excluding hydrogens is 462 g/mol. The Kier molecular flexibility index (Phi) is 10.8. The minimum absolute atomic E-state index is 0.145. The number of nitrogens with one attached hydrogen (secondary N) is 1. The van der Waals surface area contributed by atoms with Gasteiger partial charge in [-0.25, -0.2) is 8.42 Å². The predicted octanol–water partition coefficient (Wildman–Crippen LogP) is 3.84. The van der Waals surface area contributed by atoms with Gasteiger partial charge in [-0.2, -0.15) is 0 Å². The van der Waals surface area contributed by atoms with Crippen LogP contribution in [0.25, 0.3) is 0 Å². The van der Waals surface area contributed by atoms with Gasteiger partial charge in [0.1, 0.15) is 6.04 Å². The van der Waals surface area contributed by atoms with Crippen LogP contribution in [0.1, 0.15) is 49.8 Å². The number of hydrogen-bond acceptors (Lipinski definition) is 4. The summed E-state index contributed by atoms with van der Waals surface area (Å²) in [6.45, 7) is 8.72. The third kappa shape index (κ3) is 8.69. The molecule has 7 nitrogen and oxygen atoms in total. The SMILES string of the molecule is CCNC(=O)[C@H](CC)N(CCc1ccccc1)C(=O)CCCN(c1cc(C)cc(C)c1)S(C)(=O)=O. The summed E-state index contributed by atoms with van der Waals surface area (Å²) in [7, 11) is -3.51. The van der Waals surface area contributed by atoms with Crippen LogP contribution in [0.4, 0.5) is 5.69 Å². The Morgan fingerprint density at radius 1 is 0.971 bits per heavy atom. The first-order chi connectivity index (χ1) is 16.6. The van der Waals surface area contributed by atoms with Crippen molar-refractivity contribution in [1.82, 2.24) is 10.2 Å². The molecule has 2 amide bonds. The van der Waals surface area contributed by atoms with Gasteiger partial charge in [-0.3, -0.25) is 13.9 Å². The molecule has 0 spiro atoms. The molecular formula is C27H39N3O4S.